The van der Waals surface area contributed by atoms with Crippen LogP contribution in [0.3, 0.4) is 0 Å². The van der Waals surface area contributed by atoms with Gasteiger partial charge in [-0.15, -0.1) is 0 Å². The number of nitrogens with two attached hydrogens (primary N) is 1. The van der Waals surface area contributed by atoms with Gasteiger partial charge in [-0.05, 0) is 12.1 Å². The van der Waals surface area contributed by atoms with Gasteiger partial charge in [0.25, 0.3) is 10.0 Å². The van der Waals surface area contributed by atoms with E-state index in [9.17, 15) is 30.8 Å². The smallest absolute Gasteiger partial charge is 0.341 e. The van der Waals surface area contributed by atoms with Crippen LogP contribution >= 0.6 is 23.2 Å². The Balaban J connectivity index is 0.000000362. The Morgan fingerprint density at radius 1 is 1.07 bits per heavy atom. The molecule has 0 radical (unpaired) electrons. The number of carbonyl (C=O) groups is 2. The number of nitrogen functional groups attached to an aromatic ring is 1. The van der Waals surface area contributed by atoms with Crippen molar-refractivity contribution in [2.75, 3.05) is 37.6 Å². The monoisotopic (exact) mass is 685 g/mol. The first kappa shape index (κ1) is 34.9. The van der Waals surface area contributed by atoms with Gasteiger partial charge in [0.05, 0.1) is 31.7 Å². The summed E-state index contributed by atoms with van der Waals surface area (Å²) in [4.78, 5) is 36.2. The topological polar surface area (TPSA) is 252 Å². The number of carboxylic acids is 1. The van der Waals surface area contributed by atoms with Crippen molar-refractivity contribution in [1.29, 1.82) is 0 Å². The van der Waals surface area contributed by atoms with Crippen LogP contribution in [0.2, 0.25) is 10.0 Å². The predicted molar refractivity (Wildman–Crippen MR) is 148 cm³/mol. The normalized spacial score (nSPS) is 11.0. The fourth-order valence-corrected chi connectivity index (χ4v) is 5.60. The molecule has 234 valence electrons. The quantitative estimate of drug-likeness (QED) is 0.222. The minimum absolute atomic E-state index is 0.0612. The highest BCUT2D eigenvalue weighted by molar-refractivity contribution is 7.93. The second kappa shape index (κ2) is 14.8. The molecule has 0 bridgehead atoms. The second-order valence-corrected chi connectivity index (χ2v) is 12.1. The molecule has 17 nitrogen and oxygen atoms in total. The molecule has 0 aromatic carbocycles. The number of urea groups is 1. The molecule has 3 heterocycles. The average molecular weight is 686 g/mol. The number of hydrogen-bond donors (Lipinski definition) is 4. The molecule has 0 aliphatic heterocycles. The molecule has 3 rings (SSSR count). The Hall–Kier alpha value is -4.27. The van der Waals surface area contributed by atoms with Gasteiger partial charge in [0, 0.05) is 6.20 Å². The number of aliphatic carboxylic acids is 1. The van der Waals surface area contributed by atoms with Gasteiger partial charge in [0.15, 0.2) is 21.5 Å². The third kappa shape index (κ3) is 9.36. The summed E-state index contributed by atoms with van der Waals surface area (Å²) in [5.41, 5.74) is 5.07. The van der Waals surface area contributed by atoms with E-state index in [-0.39, 0.29) is 34.2 Å². The first-order valence-electron chi connectivity index (χ1n) is 11.2. The Morgan fingerprint density at radius 3 is 2.21 bits per heavy atom. The lowest BCUT2D eigenvalue weighted by Crippen LogP contribution is -2.36. The number of nitrogens with one attached hydrogen (secondary N) is 2. The maximum Gasteiger partial charge on any atom is 0.341 e. The molecule has 22 heteroatoms. The number of rotatable bonds is 10. The van der Waals surface area contributed by atoms with Crippen molar-refractivity contribution in [1.82, 2.24) is 24.7 Å². The zero-order valence-corrected chi connectivity index (χ0v) is 25.3. The number of methoxy groups -OCH3 is 2. The van der Waals surface area contributed by atoms with Crippen molar-refractivity contribution in [2.45, 2.75) is 16.8 Å². The van der Waals surface area contributed by atoms with E-state index in [0.717, 1.165) is 12.3 Å². The van der Waals surface area contributed by atoms with Crippen LogP contribution in [-0.4, -0.2) is 80.5 Å². The largest absolute Gasteiger partial charge is 0.481 e. The summed E-state index contributed by atoms with van der Waals surface area (Å²) in [6, 6.07) is 2.47. The summed E-state index contributed by atoms with van der Waals surface area (Å²) in [6.07, 6.45) is 1.09. The van der Waals surface area contributed by atoms with Crippen molar-refractivity contribution in [3.05, 3.63) is 40.4 Å². The molecule has 0 atom stereocenters. The van der Waals surface area contributed by atoms with Gasteiger partial charge in [0.1, 0.15) is 14.9 Å². The first-order valence-corrected chi connectivity index (χ1v) is 15.1. The van der Waals surface area contributed by atoms with Crippen LogP contribution in [0, 0.1) is 5.95 Å². The fourth-order valence-electron chi connectivity index (χ4n) is 2.67. The number of nitrogens with zero attached hydrogens (tertiary/aromatic N) is 4. The van der Waals surface area contributed by atoms with E-state index < -0.39 is 65.2 Å². The van der Waals surface area contributed by atoms with E-state index >= 15 is 0 Å². The highest BCUT2D eigenvalue weighted by Crippen LogP contribution is 2.35. The van der Waals surface area contributed by atoms with E-state index in [1.165, 1.54) is 33.3 Å². The van der Waals surface area contributed by atoms with Crippen LogP contribution in [0.25, 0.3) is 0 Å². The maximum absolute atomic E-state index is 12.9. The highest BCUT2D eigenvalue weighted by atomic mass is 35.5. The number of anilines is 2. The molecular weight excluding hydrogens is 664 g/mol. The Kier molecular flexibility index (Phi) is 12.0. The van der Waals surface area contributed by atoms with Crippen molar-refractivity contribution >= 4 is 66.7 Å². The highest BCUT2D eigenvalue weighted by Gasteiger charge is 2.28. The third-order valence-corrected chi connectivity index (χ3v) is 8.53. The van der Waals surface area contributed by atoms with Crippen molar-refractivity contribution in [3.63, 3.8) is 0 Å². The van der Waals surface area contributed by atoms with Gasteiger partial charge in [-0.25, -0.2) is 27.7 Å². The number of ether oxygens (including phenoxy) is 3. The Bertz CT molecular complexity index is 1710. The van der Waals surface area contributed by atoms with Gasteiger partial charge in [-0.1, -0.05) is 30.1 Å². The fraction of sp³-hybridized carbons (Fsp3) is 0.238. The number of aromatic nitrogens is 4. The number of pyridine rings is 2. The number of sulfonamides is 1. The molecule has 0 unspecified atom stereocenters. The summed E-state index contributed by atoms with van der Waals surface area (Å²) in [5, 5.41) is 8.97. The van der Waals surface area contributed by atoms with Crippen molar-refractivity contribution < 1.29 is 50.1 Å². The number of sulfone groups is 1. The van der Waals surface area contributed by atoms with E-state index in [1.54, 1.807) is 4.72 Å². The number of hydrogen-bond acceptors (Lipinski definition) is 14. The standard InChI is InChI=1S/C14H17N5O7S2.C7H5Cl2FN2O3/c1-4-27(21,22)9-6-5-7-15-12(9)28(23,24)19-14(20)18-13-16-10(25-2)8-11(17-13)26-3;8-3-5(11)4(9)7(12-6(3)10)15-1-2(13)14/h5-8H,4H2,1-3H3,(H2,16,17,18,19,20);1H2,(H2,11,12)(H,13,14). The maximum atomic E-state index is 12.9. The Labute approximate surface area is 253 Å². The Morgan fingerprint density at radius 2 is 1.67 bits per heavy atom. The van der Waals surface area contributed by atoms with Crippen LogP contribution < -0.4 is 30.0 Å². The van der Waals surface area contributed by atoms with E-state index in [4.69, 9.17) is 43.5 Å². The molecular formula is C21H22Cl2FN7O10S2. The first-order chi connectivity index (χ1) is 20.1. The predicted octanol–water partition coefficient (Wildman–Crippen LogP) is 1.77. The molecule has 3 aromatic rings. The number of amides is 2. The molecule has 3 aromatic heterocycles. The van der Waals surface area contributed by atoms with E-state index in [0.29, 0.717) is 0 Å². The van der Waals surface area contributed by atoms with Crippen molar-refractivity contribution in [3.8, 4) is 17.6 Å². The molecule has 5 N–H and O–H groups in total. The molecule has 0 saturated carbocycles. The van der Waals surface area contributed by atoms with Gasteiger partial charge < -0.3 is 25.1 Å². The average Bonchev–Trinajstić information content (AvgIpc) is 2.96. The minimum atomic E-state index is -4.61. The lowest BCUT2D eigenvalue weighted by Gasteiger charge is -2.11. The van der Waals surface area contributed by atoms with Gasteiger partial charge in [-0.3, -0.25) is 5.32 Å². The lowest BCUT2D eigenvalue weighted by molar-refractivity contribution is -0.139. The molecule has 0 saturated heterocycles. The molecule has 0 fully saturated rings. The van der Waals surface area contributed by atoms with Crippen molar-refractivity contribution in [2.24, 2.45) is 0 Å². The molecule has 0 aliphatic rings. The molecule has 0 aliphatic carbocycles. The minimum Gasteiger partial charge on any atom is -0.481 e. The van der Waals surface area contributed by atoms with Crippen LogP contribution in [-0.2, 0) is 24.7 Å². The summed E-state index contributed by atoms with van der Waals surface area (Å²) >= 11 is 11.0. The SMILES string of the molecule is CCS(=O)(=O)c1cccnc1S(=O)(=O)NC(=O)Nc1nc(OC)cc(OC)n1.Nc1c(Cl)c(F)nc(OCC(=O)O)c1Cl. The summed E-state index contributed by atoms with van der Waals surface area (Å²) in [6.45, 7) is 0.652. The summed E-state index contributed by atoms with van der Waals surface area (Å²) in [5.74, 6) is -3.24. The zero-order chi connectivity index (χ0) is 32.5. The summed E-state index contributed by atoms with van der Waals surface area (Å²) in [7, 11) is -5.85. The van der Waals surface area contributed by atoms with E-state index in [1.807, 2.05) is 0 Å². The van der Waals surface area contributed by atoms with Crippen LogP contribution in [0.4, 0.5) is 20.8 Å². The third-order valence-electron chi connectivity index (χ3n) is 4.63. The lowest BCUT2D eigenvalue weighted by atomic mass is 10.4. The number of carbonyl (C=O) groups excluding carboxylic acids is 1. The van der Waals surface area contributed by atoms with Gasteiger partial charge in [-0.2, -0.15) is 27.8 Å². The number of carboxylic acid groups (broad SMARTS) is 1. The van der Waals surface area contributed by atoms with Gasteiger partial charge in [0.2, 0.25) is 29.5 Å². The van der Waals surface area contributed by atoms with Crippen LogP contribution in [0.1, 0.15) is 6.92 Å². The molecule has 43 heavy (non-hydrogen) atoms. The molecule has 2 amide bonds. The number of halogens is 3. The zero-order valence-electron chi connectivity index (χ0n) is 22.2. The second-order valence-electron chi connectivity index (χ2n) is 7.48. The van der Waals surface area contributed by atoms with Crippen LogP contribution in [0.15, 0.2) is 34.3 Å². The van der Waals surface area contributed by atoms with Gasteiger partial charge >= 0.3 is 12.0 Å². The summed E-state index contributed by atoms with van der Waals surface area (Å²) < 4.78 is 78.2. The van der Waals surface area contributed by atoms with Crippen LogP contribution in [0.5, 0.6) is 17.6 Å². The van der Waals surface area contributed by atoms with E-state index in [2.05, 4.69) is 30.0 Å². The molecule has 0 spiro atoms.